The first-order valence-electron chi connectivity index (χ1n) is 6.22. The van der Waals surface area contributed by atoms with Crippen LogP contribution in [-0.4, -0.2) is 54.5 Å². The minimum absolute atomic E-state index is 0.0832. The number of aliphatic carboxylic acids is 1. The van der Waals surface area contributed by atoms with Crippen molar-refractivity contribution in [1.29, 1.82) is 0 Å². The Morgan fingerprint density at radius 2 is 1.89 bits per heavy atom. The first-order valence-corrected chi connectivity index (χ1v) is 7.87. The molecule has 1 heterocycles. The molecule has 106 valence electrons. The van der Waals surface area contributed by atoms with Gasteiger partial charge in [-0.25, -0.2) is 8.42 Å². The second kappa shape index (κ2) is 5.17. The highest BCUT2D eigenvalue weighted by molar-refractivity contribution is 7.92. The smallest absolute Gasteiger partial charge is 0.308 e. The molecule has 1 rings (SSSR count). The van der Waals surface area contributed by atoms with Crippen LogP contribution in [0.15, 0.2) is 0 Å². The Balaban J connectivity index is 2.55. The Bertz CT molecular complexity index is 410. The molecule has 6 heteroatoms. The number of hydrogen-bond acceptors (Lipinski definition) is 4. The van der Waals surface area contributed by atoms with Crippen molar-refractivity contribution >= 4 is 15.8 Å². The van der Waals surface area contributed by atoms with Gasteiger partial charge >= 0.3 is 5.97 Å². The van der Waals surface area contributed by atoms with E-state index in [0.717, 1.165) is 0 Å². The third kappa shape index (κ3) is 3.45. The van der Waals surface area contributed by atoms with Crippen LogP contribution < -0.4 is 0 Å². The van der Waals surface area contributed by atoms with Crippen molar-refractivity contribution in [2.24, 2.45) is 11.8 Å². The van der Waals surface area contributed by atoms with Gasteiger partial charge in [-0.15, -0.1) is 0 Å². The van der Waals surface area contributed by atoms with E-state index in [-0.39, 0.29) is 17.6 Å². The summed E-state index contributed by atoms with van der Waals surface area (Å²) in [5.74, 6) is -0.985. The number of rotatable bonds is 4. The van der Waals surface area contributed by atoms with Crippen LogP contribution in [0.4, 0.5) is 0 Å². The van der Waals surface area contributed by atoms with Gasteiger partial charge in [0.1, 0.15) is 0 Å². The minimum atomic E-state index is -3.13. The summed E-state index contributed by atoms with van der Waals surface area (Å²) in [7, 11) is -3.13. The van der Waals surface area contributed by atoms with Gasteiger partial charge in [-0.05, 0) is 26.7 Å². The summed E-state index contributed by atoms with van der Waals surface area (Å²) in [6.45, 7) is 8.51. The van der Waals surface area contributed by atoms with Gasteiger partial charge in [0.25, 0.3) is 0 Å². The highest BCUT2D eigenvalue weighted by Crippen LogP contribution is 2.24. The number of sulfone groups is 1. The molecule has 1 saturated heterocycles. The average Bonchev–Trinajstić information content (AvgIpc) is 2.55. The summed E-state index contributed by atoms with van der Waals surface area (Å²) in [6.07, 6.45) is 0. The largest absolute Gasteiger partial charge is 0.481 e. The van der Waals surface area contributed by atoms with E-state index in [1.807, 2.05) is 11.8 Å². The minimum Gasteiger partial charge on any atom is -0.481 e. The topological polar surface area (TPSA) is 74.7 Å². The van der Waals surface area contributed by atoms with E-state index in [9.17, 15) is 13.2 Å². The molecule has 18 heavy (non-hydrogen) atoms. The van der Waals surface area contributed by atoms with Crippen molar-refractivity contribution < 1.29 is 18.3 Å². The summed E-state index contributed by atoms with van der Waals surface area (Å²) >= 11 is 0. The summed E-state index contributed by atoms with van der Waals surface area (Å²) in [6, 6.07) is 0. The fourth-order valence-electron chi connectivity index (χ4n) is 2.13. The maximum absolute atomic E-state index is 12.0. The first kappa shape index (κ1) is 15.4. The van der Waals surface area contributed by atoms with Crippen molar-refractivity contribution in [1.82, 2.24) is 4.90 Å². The molecule has 1 aliphatic rings. The van der Waals surface area contributed by atoms with E-state index in [0.29, 0.717) is 19.6 Å². The number of carboxylic acids is 1. The molecule has 0 aromatic heterocycles. The van der Waals surface area contributed by atoms with Gasteiger partial charge < -0.3 is 10.0 Å². The van der Waals surface area contributed by atoms with Crippen molar-refractivity contribution in [2.45, 2.75) is 32.4 Å². The monoisotopic (exact) mass is 277 g/mol. The molecule has 0 bridgehead atoms. The van der Waals surface area contributed by atoms with Crippen LogP contribution in [0.3, 0.4) is 0 Å². The lowest BCUT2D eigenvalue weighted by Gasteiger charge is -2.22. The van der Waals surface area contributed by atoms with Crippen LogP contribution in [0.2, 0.25) is 0 Å². The van der Waals surface area contributed by atoms with Crippen LogP contribution in [0, 0.1) is 11.8 Å². The maximum atomic E-state index is 12.0. The normalized spacial score (nSPS) is 26.4. The second-order valence-corrected chi connectivity index (χ2v) is 8.98. The molecule has 0 radical (unpaired) electrons. The number of hydrogen-bond donors (Lipinski definition) is 1. The lowest BCUT2D eigenvalue weighted by Crippen LogP contribution is -2.36. The molecule has 0 aromatic carbocycles. The van der Waals surface area contributed by atoms with Crippen molar-refractivity contribution in [3.63, 3.8) is 0 Å². The molecule has 0 spiro atoms. The number of nitrogens with zero attached hydrogens (tertiary/aromatic N) is 1. The van der Waals surface area contributed by atoms with E-state index < -0.39 is 20.6 Å². The Hall–Kier alpha value is -0.620. The Morgan fingerprint density at radius 1 is 1.33 bits per heavy atom. The van der Waals surface area contributed by atoms with Crippen LogP contribution in [-0.2, 0) is 14.6 Å². The van der Waals surface area contributed by atoms with Crippen LogP contribution in [0.5, 0.6) is 0 Å². The van der Waals surface area contributed by atoms with E-state index in [4.69, 9.17) is 5.11 Å². The summed E-state index contributed by atoms with van der Waals surface area (Å²) in [5, 5.41) is 9.01. The molecule has 2 unspecified atom stereocenters. The summed E-state index contributed by atoms with van der Waals surface area (Å²) in [5.41, 5.74) is 0. The number of carbonyl (C=O) groups is 1. The quantitative estimate of drug-likeness (QED) is 0.824. The number of likely N-dealkylation sites (tertiary alicyclic amines) is 1. The van der Waals surface area contributed by atoms with Gasteiger partial charge in [0.15, 0.2) is 9.84 Å². The van der Waals surface area contributed by atoms with Crippen molar-refractivity contribution in [3.05, 3.63) is 0 Å². The fourth-order valence-corrected chi connectivity index (χ4v) is 3.24. The molecule has 1 fully saturated rings. The van der Waals surface area contributed by atoms with Crippen molar-refractivity contribution in [3.8, 4) is 0 Å². The molecule has 1 N–H and O–H groups in total. The fraction of sp³-hybridized carbons (Fsp3) is 0.917. The van der Waals surface area contributed by atoms with E-state index in [2.05, 4.69) is 0 Å². The van der Waals surface area contributed by atoms with Crippen LogP contribution >= 0.6 is 0 Å². The molecular formula is C12H23NO4S. The predicted octanol–water partition coefficient (Wildman–Crippen LogP) is 0.852. The molecule has 1 aliphatic heterocycles. The molecule has 0 amide bonds. The molecule has 0 aromatic rings. The highest BCUT2D eigenvalue weighted by Gasteiger charge is 2.36. The number of carboxylic acid groups (broad SMARTS) is 1. The van der Waals surface area contributed by atoms with Gasteiger partial charge in [0.2, 0.25) is 0 Å². The third-order valence-corrected chi connectivity index (χ3v) is 6.20. The Kier molecular flexibility index (Phi) is 4.43. The SMILES string of the molecule is CC1CN(CCS(=O)(=O)C(C)(C)C)CC1C(=O)O. The third-order valence-electron chi connectivity index (χ3n) is 3.61. The van der Waals surface area contributed by atoms with E-state index in [1.165, 1.54) is 0 Å². The van der Waals surface area contributed by atoms with Gasteiger partial charge in [-0.2, -0.15) is 0 Å². The molecule has 2 atom stereocenters. The molecule has 0 aliphatic carbocycles. The standard InChI is InChI=1S/C12H23NO4S/c1-9-7-13(8-10(9)11(14)15)5-6-18(16,17)12(2,3)4/h9-10H,5-8H2,1-4H3,(H,14,15). The summed E-state index contributed by atoms with van der Waals surface area (Å²) in [4.78, 5) is 12.9. The van der Waals surface area contributed by atoms with Crippen LogP contribution in [0.25, 0.3) is 0 Å². The molecule has 0 saturated carbocycles. The Labute approximate surface area is 109 Å². The zero-order valence-electron chi connectivity index (χ0n) is 11.5. The average molecular weight is 277 g/mol. The Morgan fingerprint density at radius 3 is 2.28 bits per heavy atom. The zero-order chi connectivity index (χ0) is 14.1. The lowest BCUT2D eigenvalue weighted by atomic mass is 9.99. The molecular weight excluding hydrogens is 254 g/mol. The first-order chi connectivity index (χ1) is 8.04. The van der Waals surface area contributed by atoms with Gasteiger partial charge in [-0.1, -0.05) is 6.92 Å². The van der Waals surface area contributed by atoms with E-state index >= 15 is 0 Å². The van der Waals surface area contributed by atoms with Crippen LogP contribution in [0.1, 0.15) is 27.7 Å². The van der Waals surface area contributed by atoms with Gasteiger partial charge in [-0.3, -0.25) is 4.79 Å². The summed E-state index contributed by atoms with van der Waals surface area (Å²) < 4.78 is 23.2. The lowest BCUT2D eigenvalue weighted by molar-refractivity contribution is -0.142. The predicted molar refractivity (Wildman–Crippen MR) is 70.3 cm³/mol. The van der Waals surface area contributed by atoms with Gasteiger partial charge in [0.05, 0.1) is 16.4 Å². The van der Waals surface area contributed by atoms with E-state index in [1.54, 1.807) is 20.8 Å². The maximum Gasteiger partial charge on any atom is 0.308 e. The zero-order valence-corrected chi connectivity index (χ0v) is 12.3. The highest BCUT2D eigenvalue weighted by atomic mass is 32.2. The van der Waals surface area contributed by atoms with Crippen molar-refractivity contribution in [2.75, 3.05) is 25.4 Å². The van der Waals surface area contributed by atoms with Gasteiger partial charge in [0, 0.05) is 19.6 Å². The second-order valence-electron chi connectivity index (χ2n) is 6.11. The molecule has 5 nitrogen and oxygen atoms in total.